The van der Waals surface area contributed by atoms with Crippen LogP contribution in [-0.4, -0.2) is 26.5 Å². The summed E-state index contributed by atoms with van der Waals surface area (Å²) < 4.78 is 23.1. The molecule has 78 valence electrons. The first-order valence-corrected chi connectivity index (χ1v) is 7.35. The summed E-state index contributed by atoms with van der Waals surface area (Å²) in [7, 11) is -2.85. The number of nitrogens with one attached hydrogen (secondary N) is 1. The molecule has 3 nitrogen and oxygen atoms in total. The maximum absolute atomic E-state index is 11.5. The first-order chi connectivity index (χ1) is 6.67. The van der Waals surface area contributed by atoms with E-state index < -0.39 is 9.84 Å². The van der Waals surface area contributed by atoms with Crippen LogP contribution in [0.2, 0.25) is 0 Å². The molecule has 0 saturated carbocycles. The van der Waals surface area contributed by atoms with Gasteiger partial charge in [-0.15, -0.1) is 11.3 Å². The zero-order chi connectivity index (χ0) is 10.0. The second-order valence-electron chi connectivity index (χ2n) is 3.49. The van der Waals surface area contributed by atoms with Crippen LogP contribution >= 0.6 is 11.3 Å². The van der Waals surface area contributed by atoms with Crippen molar-refractivity contribution in [1.29, 1.82) is 0 Å². The second-order valence-corrected chi connectivity index (χ2v) is 6.70. The molecule has 0 spiro atoms. The first kappa shape index (κ1) is 10.1. The first-order valence-electron chi connectivity index (χ1n) is 4.65. The molecule has 0 amide bonds. The fourth-order valence-electron chi connectivity index (χ4n) is 1.64. The molecular weight excluding hydrogens is 218 g/mol. The van der Waals surface area contributed by atoms with Gasteiger partial charge in [-0.3, -0.25) is 0 Å². The van der Waals surface area contributed by atoms with E-state index in [1.165, 1.54) is 0 Å². The summed E-state index contributed by atoms with van der Waals surface area (Å²) in [5.74, 6) is 0.565. The van der Waals surface area contributed by atoms with Gasteiger partial charge in [-0.2, -0.15) is 0 Å². The van der Waals surface area contributed by atoms with Gasteiger partial charge in [-0.1, -0.05) is 6.07 Å². The van der Waals surface area contributed by atoms with E-state index in [1.54, 1.807) is 11.3 Å². The van der Waals surface area contributed by atoms with Gasteiger partial charge in [0.05, 0.1) is 17.5 Å². The minimum Gasteiger partial charge on any atom is -0.308 e. The average Bonchev–Trinajstić information content (AvgIpc) is 2.57. The SMILES string of the molecule is O=S1(=O)CCCNC(c2cccs2)C1. The molecule has 2 heterocycles. The quantitative estimate of drug-likeness (QED) is 0.790. The third-order valence-corrected chi connectivity index (χ3v) is 5.07. The van der Waals surface area contributed by atoms with Crippen LogP contribution in [0.4, 0.5) is 0 Å². The Morgan fingerprint density at radius 2 is 2.36 bits per heavy atom. The van der Waals surface area contributed by atoms with Crippen molar-refractivity contribution in [2.75, 3.05) is 18.1 Å². The number of hydrogen-bond acceptors (Lipinski definition) is 4. The Morgan fingerprint density at radius 1 is 1.50 bits per heavy atom. The van der Waals surface area contributed by atoms with E-state index in [-0.39, 0.29) is 11.8 Å². The molecule has 0 aromatic carbocycles. The Hall–Kier alpha value is -0.390. The highest BCUT2D eigenvalue weighted by Gasteiger charge is 2.23. The van der Waals surface area contributed by atoms with Gasteiger partial charge < -0.3 is 5.32 Å². The van der Waals surface area contributed by atoms with Gasteiger partial charge in [0.2, 0.25) is 0 Å². The maximum Gasteiger partial charge on any atom is 0.152 e. The summed E-state index contributed by atoms with van der Waals surface area (Å²) in [6.07, 6.45) is 0.726. The molecule has 1 saturated heterocycles. The van der Waals surface area contributed by atoms with Crippen molar-refractivity contribution in [2.24, 2.45) is 0 Å². The molecule has 1 N–H and O–H groups in total. The lowest BCUT2D eigenvalue weighted by molar-refractivity contribution is 0.577. The smallest absolute Gasteiger partial charge is 0.152 e. The van der Waals surface area contributed by atoms with Crippen molar-refractivity contribution in [1.82, 2.24) is 5.32 Å². The van der Waals surface area contributed by atoms with Gasteiger partial charge in [0, 0.05) is 4.88 Å². The van der Waals surface area contributed by atoms with Gasteiger partial charge in [-0.25, -0.2) is 8.42 Å². The van der Waals surface area contributed by atoms with E-state index in [2.05, 4.69) is 5.32 Å². The summed E-state index contributed by atoms with van der Waals surface area (Å²) in [6.45, 7) is 0.793. The predicted molar refractivity (Wildman–Crippen MR) is 58.3 cm³/mol. The lowest BCUT2D eigenvalue weighted by atomic mass is 10.2. The molecule has 1 atom stereocenters. The van der Waals surface area contributed by atoms with Crippen molar-refractivity contribution >= 4 is 21.2 Å². The van der Waals surface area contributed by atoms with Crippen LogP contribution in [0.3, 0.4) is 0 Å². The lowest BCUT2D eigenvalue weighted by Gasteiger charge is -2.12. The zero-order valence-electron chi connectivity index (χ0n) is 7.77. The summed E-state index contributed by atoms with van der Waals surface area (Å²) in [5.41, 5.74) is 0. The van der Waals surface area contributed by atoms with Crippen LogP contribution in [0.1, 0.15) is 17.3 Å². The minimum atomic E-state index is -2.85. The lowest BCUT2D eigenvalue weighted by Crippen LogP contribution is -2.24. The third-order valence-electron chi connectivity index (χ3n) is 2.33. The van der Waals surface area contributed by atoms with E-state index in [0.717, 1.165) is 17.8 Å². The van der Waals surface area contributed by atoms with E-state index >= 15 is 0 Å². The fourth-order valence-corrected chi connectivity index (χ4v) is 4.10. The molecule has 0 aliphatic carbocycles. The largest absolute Gasteiger partial charge is 0.308 e. The number of rotatable bonds is 1. The highest BCUT2D eigenvalue weighted by atomic mass is 32.2. The van der Waals surface area contributed by atoms with Crippen LogP contribution in [-0.2, 0) is 9.84 Å². The Morgan fingerprint density at radius 3 is 3.07 bits per heavy atom. The predicted octanol–water partition coefficient (Wildman–Crippen LogP) is 1.20. The van der Waals surface area contributed by atoms with Crippen molar-refractivity contribution in [3.05, 3.63) is 22.4 Å². The van der Waals surface area contributed by atoms with Crippen LogP contribution in [0.5, 0.6) is 0 Å². The molecule has 0 radical (unpaired) electrons. The van der Waals surface area contributed by atoms with Crippen LogP contribution in [0.25, 0.3) is 0 Å². The topological polar surface area (TPSA) is 46.2 Å². The highest BCUT2D eigenvalue weighted by molar-refractivity contribution is 7.91. The van der Waals surface area contributed by atoms with E-state index in [9.17, 15) is 8.42 Å². The van der Waals surface area contributed by atoms with Gasteiger partial charge in [-0.05, 0) is 24.4 Å². The Labute approximate surface area is 88.1 Å². The average molecular weight is 231 g/mol. The molecule has 14 heavy (non-hydrogen) atoms. The highest BCUT2D eigenvalue weighted by Crippen LogP contribution is 2.22. The van der Waals surface area contributed by atoms with Crippen molar-refractivity contribution < 1.29 is 8.42 Å². The summed E-state index contributed by atoms with van der Waals surface area (Å²) in [6, 6.07) is 3.95. The second kappa shape index (κ2) is 4.00. The monoisotopic (exact) mass is 231 g/mol. The third kappa shape index (κ3) is 2.34. The molecule has 1 aromatic heterocycles. The van der Waals surface area contributed by atoms with Crippen LogP contribution in [0.15, 0.2) is 17.5 Å². The van der Waals surface area contributed by atoms with Crippen LogP contribution < -0.4 is 5.32 Å². The molecule has 0 bridgehead atoms. The molecular formula is C9H13NO2S2. The fraction of sp³-hybridized carbons (Fsp3) is 0.556. The number of sulfone groups is 1. The molecule has 2 rings (SSSR count). The standard InChI is InChI=1S/C9H13NO2S2/c11-14(12)6-2-4-10-8(7-14)9-3-1-5-13-9/h1,3,5,8,10H,2,4,6-7H2. The number of hydrogen-bond donors (Lipinski definition) is 1. The van der Waals surface area contributed by atoms with E-state index in [4.69, 9.17) is 0 Å². The van der Waals surface area contributed by atoms with Gasteiger partial charge in [0.1, 0.15) is 0 Å². The maximum atomic E-state index is 11.5. The Balaban J connectivity index is 2.20. The zero-order valence-corrected chi connectivity index (χ0v) is 9.40. The van der Waals surface area contributed by atoms with E-state index in [1.807, 2.05) is 17.5 Å². The summed E-state index contributed by atoms with van der Waals surface area (Å²) in [4.78, 5) is 1.12. The molecule has 5 heteroatoms. The van der Waals surface area contributed by atoms with Crippen molar-refractivity contribution in [2.45, 2.75) is 12.5 Å². The summed E-state index contributed by atoms with van der Waals surface area (Å²) in [5, 5.41) is 5.25. The Kier molecular flexibility index (Phi) is 2.90. The van der Waals surface area contributed by atoms with Crippen molar-refractivity contribution in [3.63, 3.8) is 0 Å². The van der Waals surface area contributed by atoms with Gasteiger partial charge >= 0.3 is 0 Å². The van der Waals surface area contributed by atoms with Crippen LogP contribution in [0, 0.1) is 0 Å². The molecule has 1 aliphatic rings. The summed E-state index contributed by atoms with van der Waals surface area (Å²) >= 11 is 1.61. The normalized spacial score (nSPS) is 27.0. The van der Waals surface area contributed by atoms with E-state index in [0.29, 0.717) is 5.75 Å². The van der Waals surface area contributed by atoms with Gasteiger partial charge in [0.25, 0.3) is 0 Å². The molecule has 1 aliphatic heterocycles. The van der Waals surface area contributed by atoms with Gasteiger partial charge in [0.15, 0.2) is 9.84 Å². The molecule has 1 fully saturated rings. The minimum absolute atomic E-state index is 0.00231. The van der Waals surface area contributed by atoms with Crippen molar-refractivity contribution in [3.8, 4) is 0 Å². The molecule has 1 unspecified atom stereocenters. The number of thiophene rings is 1. The molecule has 1 aromatic rings. The Bertz CT molecular complexity index is 383.